The number of fused-ring (bicyclic) bond motifs is 3. The van der Waals surface area contributed by atoms with Gasteiger partial charge in [-0.1, -0.05) is 60.7 Å². The summed E-state index contributed by atoms with van der Waals surface area (Å²) in [7, 11) is 3.65. The molecule has 0 saturated carbocycles. The van der Waals surface area contributed by atoms with Crippen LogP contribution in [0.2, 0.25) is 0 Å². The quantitative estimate of drug-likeness (QED) is 0.311. The van der Waals surface area contributed by atoms with E-state index in [0.717, 1.165) is 17.6 Å². The molecule has 2 aromatic rings. The van der Waals surface area contributed by atoms with Gasteiger partial charge in [0.2, 0.25) is 17.7 Å². The first-order chi connectivity index (χ1) is 19.2. The number of benzene rings is 2. The van der Waals surface area contributed by atoms with Crippen molar-refractivity contribution in [2.24, 2.45) is 11.8 Å². The first-order valence-electron chi connectivity index (χ1n) is 12.8. The molecule has 4 heterocycles. The van der Waals surface area contributed by atoms with Crippen LogP contribution in [-0.2, 0) is 44.7 Å². The van der Waals surface area contributed by atoms with Crippen molar-refractivity contribution in [3.05, 3.63) is 83.1 Å². The van der Waals surface area contributed by atoms with Crippen molar-refractivity contribution in [3.8, 4) is 0 Å². The topological polar surface area (TPSA) is 123 Å². The number of hydrogen-bond acceptors (Lipinski definition) is 9. The number of carbonyl (C=O) groups excluding carboxylic acids is 5. The Labute approximate surface area is 229 Å². The van der Waals surface area contributed by atoms with Crippen LogP contribution in [0.3, 0.4) is 0 Å². The van der Waals surface area contributed by atoms with E-state index in [-0.39, 0.29) is 12.1 Å². The molecule has 4 aliphatic heterocycles. The van der Waals surface area contributed by atoms with E-state index in [1.807, 2.05) is 30.3 Å². The zero-order valence-electron chi connectivity index (χ0n) is 22.3. The van der Waals surface area contributed by atoms with E-state index >= 15 is 0 Å². The molecule has 6 rings (SSSR count). The molecule has 1 spiro atoms. The fraction of sp³-hybridized carbons (Fsp3) is 0.345. The van der Waals surface area contributed by atoms with E-state index < -0.39 is 59.0 Å². The van der Waals surface area contributed by atoms with Gasteiger partial charge in [0.25, 0.3) is 11.5 Å². The van der Waals surface area contributed by atoms with E-state index in [9.17, 15) is 24.0 Å². The van der Waals surface area contributed by atoms with Gasteiger partial charge in [0.05, 0.1) is 25.8 Å². The molecule has 3 fully saturated rings. The summed E-state index contributed by atoms with van der Waals surface area (Å²) in [6.07, 6.45) is 0. The Morgan fingerprint density at radius 2 is 1.50 bits per heavy atom. The average molecular weight is 546 g/mol. The van der Waals surface area contributed by atoms with Crippen molar-refractivity contribution < 1.29 is 38.2 Å². The van der Waals surface area contributed by atoms with Crippen molar-refractivity contribution in [1.82, 2.24) is 14.7 Å². The maximum absolute atomic E-state index is 14.6. The number of ether oxygens (including phenoxy) is 3. The van der Waals surface area contributed by atoms with Gasteiger partial charge in [-0.15, -0.1) is 0 Å². The summed E-state index contributed by atoms with van der Waals surface area (Å²) in [5.74, 6) is -8.58. The Hall–Kier alpha value is -4.51. The monoisotopic (exact) mass is 545 g/mol. The summed E-state index contributed by atoms with van der Waals surface area (Å²) in [6, 6.07) is 16.9. The standard InChI is InChI=1S/C29H27N3O8/c1-16-19(25(35)38-3)22(18-13-9-6-10-14-18)32-26(36)28(27(37)39-4)20-21(24(34)30(2)23(20)33)29(32,40-28)31(16)15-17-11-7-5-8-12-17/h5-14,20-22H,15H2,1-4H3/t20-,21+,22-,28+,29+/m0/s1. The summed E-state index contributed by atoms with van der Waals surface area (Å²) in [4.78, 5) is 72.6. The van der Waals surface area contributed by atoms with Crippen LogP contribution in [-0.4, -0.2) is 77.1 Å². The molecule has 0 N–H and O–H groups in total. The van der Waals surface area contributed by atoms with Gasteiger partial charge in [-0.25, -0.2) is 9.59 Å². The normalized spacial score (nSPS) is 30.6. The minimum atomic E-state index is -2.43. The molecule has 2 bridgehead atoms. The Balaban J connectivity index is 1.70. The molecule has 11 heteroatoms. The van der Waals surface area contributed by atoms with Crippen LogP contribution < -0.4 is 0 Å². The highest BCUT2D eigenvalue weighted by Gasteiger charge is 2.88. The molecular formula is C29H27N3O8. The highest BCUT2D eigenvalue weighted by atomic mass is 16.6. The lowest BCUT2D eigenvalue weighted by Crippen LogP contribution is -2.70. The number of nitrogens with zero attached hydrogens (tertiary/aromatic N) is 3. The number of piperidine rings is 1. The number of amides is 3. The van der Waals surface area contributed by atoms with E-state index in [1.54, 1.807) is 42.2 Å². The lowest BCUT2D eigenvalue weighted by atomic mass is 9.73. The van der Waals surface area contributed by atoms with E-state index in [0.29, 0.717) is 11.3 Å². The third-order valence-corrected chi connectivity index (χ3v) is 8.47. The van der Waals surface area contributed by atoms with E-state index in [4.69, 9.17) is 14.2 Å². The van der Waals surface area contributed by atoms with Crippen LogP contribution in [0.25, 0.3) is 0 Å². The minimum absolute atomic E-state index is 0.0874. The van der Waals surface area contributed by atoms with Gasteiger partial charge in [-0.2, -0.15) is 0 Å². The summed E-state index contributed by atoms with van der Waals surface area (Å²) >= 11 is 0. The molecule has 0 unspecified atom stereocenters. The molecule has 3 saturated heterocycles. The molecular weight excluding hydrogens is 518 g/mol. The summed E-state index contributed by atoms with van der Waals surface area (Å²) in [5, 5.41) is 0. The van der Waals surface area contributed by atoms with Gasteiger partial charge in [0.1, 0.15) is 11.8 Å². The van der Waals surface area contributed by atoms with Crippen LogP contribution in [0.1, 0.15) is 24.1 Å². The first kappa shape index (κ1) is 25.8. The Morgan fingerprint density at radius 1 is 0.900 bits per heavy atom. The van der Waals surface area contributed by atoms with E-state index in [2.05, 4.69) is 0 Å². The molecule has 0 aromatic heterocycles. The zero-order chi connectivity index (χ0) is 28.6. The van der Waals surface area contributed by atoms with Crippen LogP contribution in [0.4, 0.5) is 0 Å². The fourth-order valence-electron chi connectivity index (χ4n) is 6.76. The second-order valence-corrected chi connectivity index (χ2v) is 10.2. The van der Waals surface area contributed by atoms with Crippen molar-refractivity contribution in [2.75, 3.05) is 21.3 Å². The van der Waals surface area contributed by atoms with Crippen LogP contribution in [0.5, 0.6) is 0 Å². The second kappa shape index (κ2) is 8.75. The van der Waals surface area contributed by atoms with Gasteiger partial charge < -0.3 is 19.1 Å². The Kier molecular flexibility index (Phi) is 5.63. The highest BCUT2D eigenvalue weighted by molar-refractivity contribution is 6.19. The van der Waals surface area contributed by atoms with Crippen molar-refractivity contribution in [1.29, 1.82) is 0 Å². The second-order valence-electron chi connectivity index (χ2n) is 10.2. The van der Waals surface area contributed by atoms with Gasteiger partial charge in [-0.3, -0.25) is 24.2 Å². The lowest BCUT2D eigenvalue weighted by molar-refractivity contribution is -0.228. The maximum atomic E-state index is 14.6. The SMILES string of the molecule is COC(=O)C1=C(C)N(Cc2ccccc2)[C@@]23O[C@@](C(=O)OC)(C(=O)N2[C@H]1c1ccccc1)[C@@H]1C(=O)N(C)C(=O)[C@@H]13. The predicted molar refractivity (Wildman–Crippen MR) is 136 cm³/mol. The number of hydrogen-bond donors (Lipinski definition) is 0. The van der Waals surface area contributed by atoms with Crippen molar-refractivity contribution in [3.63, 3.8) is 0 Å². The third-order valence-electron chi connectivity index (χ3n) is 8.47. The summed E-state index contributed by atoms with van der Waals surface area (Å²) < 4.78 is 16.8. The highest BCUT2D eigenvalue weighted by Crippen LogP contribution is 2.65. The van der Waals surface area contributed by atoms with E-state index in [1.165, 1.54) is 19.1 Å². The third kappa shape index (κ3) is 2.95. The molecule has 40 heavy (non-hydrogen) atoms. The molecule has 0 aliphatic carbocycles. The number of imide groups is 1. The van der Waals surface area contributed by atoms with Crippen LogP contribution in [0, 0.1) is 11.8 Å². The number of carbonyl (C=O) groups is 5. The Morgan fingerprint density at radius 3 is 2.10 bits per heavy atom. The average Bonchev–Trinajstić information content (AvgIpc) is 3.53. The van der Waals surface area contributed by atoms with Gasteiger partial charge in [-0.05, 0) is 18.1 Å². The number of likely N-dealkylation sites (tertiary alicyclic amines) is 1. The zero-order valence-corrected chi connectivity index (χ0v) is 22.3. The molecule has 4 aliphatic rings. The molecule has 3 amide bonds. The van der Waals surface area contributed by atoms with Crippen molar-refractivity contribution in [2.45, 2.75) is 31.0 Å². The smallest absolute Gasteiger partial charge is 0.349 e. The Bertz CT molecular complexity index is 1490. The van der Waals surface area contributed by atoms with Crippen LogP contribution >= 0.6 is 0 Å². The van der Waals surface area contributed by atoms with Gasteiger partial charge >= 0.3 is 11.9 Å². The maximum Gasteiger partial charge on any atom is 0.349 e. The number of rotatable bonds is 5. The first-order valence-corrected chi connectivity index (χ1v) is 12.8. The lowest BCUT2D eigenvalue weighted by Gasteiger charge is -2.55. The minimum Gasteiger partial charge on any atom is -0.466 e. The molecule has 0 radical (unpaired) electrons. The summed E-state index contributed by atoms with van der Waals surface area (Å²) in [5.41, 5.74) is -0.595. The fourth-order valence-corrected chi connectivity index (χ4v) is 6.76. The van der Waals surface area contributed by atoms with Gasteiger partial charge in [0, 0.05) is 19.3 Å². The molecule has 5 atom stereocenters. The molecule has 2 aromatic carbocycles. The molecule has 11 nitrogen and oxygen atoms in total. The predicted octanol–water partition coefficient (Wildman–Crippen LogP) is 1.36. The number of allylic oxidation sites excluding steroid dienone is 1. The molecule has 206 valence electrons. The van der Waals surface area contributed by atoms with Crippen LogP contribution in [0.15, 0.2) is 71.9 Å². The number of esters is 2. The van der Waals surface area contributed by atoms with Gasteiger partial charge in [0.15, 0.2) is 0 Å². The number of methoxy groups -OCH3 is 2. The summed E-state index contributed by atoms with van der Waals surface area (Å²) in [6.45, 7) is 1.77. The largest absolute Gasteiger partial charge is 0.466 e. The van der Waals surface area contributed by atoms with Crippen molar-refractivity contribution >= 4 is 29.7 Å².